The molecular formula is C9H8BrClN2. The molecule has 0 aliphatic carbocycles. The van der Waals surface area contributed by atoms with Gasteiger partial charge in [-0.1, -0.05) is 27.5 Å². The van der Waals surface area contributed by atoms with Gasteiger partial charge in [0.1, 0.15) is 0 Å². The van der Waals surface area contributed by atoms with Crippen LogP contribution in [0, 0.1) is 6.92 Å². The van der Waals surface area contributed by atoms with Gasteiger partial charge in [0, 0.05) is 16.9 Å². The molecule has 0 amide bonds. The number of aromatic nitrogens is 2. The number of aryl methyl sites for hydroxylation is 2. The molecule has 0 bridgehead atoms. The van der Waals surface area contributed by atoms with Crippen molar-refractivity contribution in [3.05, 3.63) is 27.3 Å². The summed E-state index contributed by atoms with van der Waals surface area (Å²) in [6.07, 6.45) is 0. The van der Waals surface area contributed by atoms with Gasteiger partial charge in [0.25, 0.3) is 0 Å². The van der Waals surface area contributed by atoms with Gasteiger partial charge >= 0.3 is 0 Å². The lowest BCUT2D eigenvalue weighted by Gasteiger charge is -1.98. The van der Waals surface area contributed by atoms with Crippen LogP contribution in [0.1, 0.15) is 5.69 Å². The van der Waals surface area contributed by atoms with Crippen molar-refractivity contribution < 1.29 is 0 Å². The number of benzene rings is 1. The summed E-state index contributed by atoms with van der Waals surface area (Å²) in [7, 11) is 1.90. The van der Waals surface area contributed by atoms with Crippen molar-refractivity contribution in [2.24, 2.45) is 7.05 Å². The monoisotopic (exact) mass is 258 g/mol. The van der Waals surface area contributed by atoms with E-state index in [2.05, 4.69) is 21.0 Å². The standard InChI is InChI=1S/C9H8BrClN2/c1-5-7-3-6(10)4-8(11)9(7)13(2)12-5/h3-4H,1-2H3. The molecule has 0 fully saturated rings. The Bertz CT molecular complexity index is 476. The van der Waals surface area contributed by atoms with Gasteiger partial charge < -0.3 is 0 Å². The van der Waals surface area contributed by atoms with Gasteiger partial charge in [-0.25, -0.2) is 0 Å². The third-order valence-corrected chi connectivity index (χ3v) is 2.79. The second-order valence-electron chi connectivity index (χ2n) is 2.99. The van der Waals surface area contributed by atoms with Gasteiger partial charge in [-0.2, -0.15) is 5.10 Å². The molecule has 68 valence electrons. The molecule has 4 heteroatoms. The van der Waals surface area contributed by atoms with E-state index in [0.717, 1.165) is 26.1 Å². The van der Waals surface area contributed by atoms with Crippen molar-refractivity contribution in [1.29, 1.82) is 0 Å². The van der Waals surface area contributed by atoms with Gasteiger partial charge in [-0.15, -0.1) is 0 Å². The Morgan fingerprint density at radius 2 is 2.15 bits per heavy atom. The molecule has 0 saturated heterocycles. The lowest BCUT2D eigenvalue weighted by Crippen LogP contribution is -1.89. The van der Waals surface area contributed by atoms with Crippen LogP contribution in [0.3, 0.4) is 0 Å². The average Bonchev–Trinajstić information content (AvgIpc) is 2.27. The highest BCUT2D eigenvalue weighted by Gasteiger charge is 2.08. The van der Waals surface area contributed by atoms with Gasteiger partial charge in [0.2, 0.25) is 0 Å². The molecule has 0 atom stereocenters. The average molecular weight is 260 g/mol. The molecule has 13 heavy (non-hydrogen) atoms. The first-order valence-corrected chi connectivity index (χ1v) is 5.05. The first-order valence-electron chi connectivity index (χ1n) is 3.88. The second kappa shape index (κ2) is 3.00. The van der Waals surface area contributed by atoms with E-state index in [0.29, 0.717) is 0 Å². The molecule has 0 radical (unpaired) electrons. The minimum atomic E-state index is 0.729. The zero-order chi connectivity index (χ0) is 9.59. The van der Waals surface area contributed by atoms with E-state index in [1.807, 2.05) is 26.1 Å². The summed E-state index contributed by atoms with van der Waals surface area (Å²) in [6.45, 7) is 1.98. The van der Waals surface area contributed by atoms with Crippen LogP contribution >= 0.6 is 27.5 Å². The summed E-state index contributed by atoms with van der Waals surface area (Å²) in [5, 5.41) is 6.13. The predicted octanol–water partition coefficient (Wildman–Crippen LogP) is 3.30. The highest BCUT2D eigenvalue weighted by atomic mass is 79.9. The third kappa shape index (κ3) is 1.36. The summed E-state index contributed by atoms with van der Waals surface area (Å²) >= 11 is 9.50. The highest BCUT2D eigenvalue weighted by molar-refractivity contribution is 9.10. The summed E-state index contributed by atoms with van der Waals surface area (Å²) < 4.78 is 2.79. The minimum absolute atomic E-state index is 0.729. The van der Waals surface area contributed by atoms with Crippen LogP contribution in [-0.4, -0.2) is 9.78 Å². The molecule has 1 heterocycles. The van der Waals surface area contributed by atoms with Crippen molar-refractivity contribution in [3.63, 3.8) is 0 Å². The topological polar surface area (TPSA) is 17.8 Å². The third-order valence-electron chi connectivity index (χ3n) is 2.04. The Morgan fingerprint density at radius 3 is 2.85 bits per heavy atom. The van der Waals surface area contributed by atoms with E-state index in [9.17, 15) is 0 Å². The summed E-state index contributed by atoms with van der Waals surface area (Å²) in [4.78, 5) is 0. The number of rotatable bonds is 0. The van der Waals surface area contributed by atoms with E-state index in [4.69, 9.17) is 11.6 Å². The molecule has 0 saturated carbocycles. The Hall–Kier alpha value is -0.540. The Morgan fingerprint density at radius 1 is 1.46 bits per heavy atom. The zero-order valence-corrected chi connectivity index (χ0v) is 9.65. The van der Waals surface area contributed by atoms with Gasteiger partial charge in [-0.05, 0) is 19.1 Å². The quantitative estimate of drug-likeness (QED) is 0.710. The summed E-state index contributed by atoms with van der Waals surface area (Å²) in [5.41, 5.74) is 1.99. The van der Waals surface area contributed by atoms with Crippen LogP contribution in [0.5, 0.6) is 0 Å². The Kier molecular flexibility index (Phi) is 2.08. The molecule has 0 aliphatic heterocycles. The molecule has 1 aromatic carbocycles. The lowest BCUT2D eigenvalue weighted by molar-refractivity contribution is 0.783. The lowest BCUT2D eigenvalue weighted by atomic mass is 10.2. The van der Waals surface area contributed by atoms with Crippen molar-refractivity contribution in [2.75, 3.05) is 0 Å². The zero-order valence-electron chi connectivity index (χ0n) is 7.31. The number of nitrogens with zero attached hydrogens (tertiary/aromatic N) is 2. The molecule has 2 aromatic rings. The molecule has 0 aliphatic rings. The Labute approximate surface area is 89.6 Å². The molecule has 2 nitrogen and oxygen atoms in total. The van der Waals surface area contributed by atoms with E-state index >= 15 is 0 Å². The number of fused-ring (bicyclic) bond motifs is 1. The van der Waals surface area contributed by atoms with Gasteiger partial charge in [0.05, 0.1) is 16.2 Å². The van der Waals surface area contributed by atoms with Crippen LogP contribution < -0.4 is 0 Å². The van der Waals surface area contributed by atoms with Crippen LogP contribution in [-0.2, 0) is 7.05 Å². The second-order valence-corrected chi connectivity index (χ2v) is 4.32. The van der Waals surface area contributed by atoms with Crippen LogP contribution in [0.25, 0.3) is 10.9 Å². The first-order chi connectivity index (χ1) is 6.09. The summed E-state index contributed by atoms with van der Waals surface area (Å²) in [6, 6.07) is 3.91. The molecule has 0 unspecified atom stereocenters. The predicted molar refractivity (Wildman–Crippen MR) is 58.2 cm³/mol. The molecule has 0 spiro atoms. The van der Waals surface area contributed by atoms with E-state index in [1.54, 1.807) is 4.68 Å². The number of hydrogen-bond donors (Lipinski definition) is 0. The van der Waals surface area contributed by atoms with Gasteiger partial charge in [0.15, 0.2) is 0 Å². The highest BCUT2D eigenvalue weighted by Crippen LogP contribution is 2.29. The molecular weight excluding hydrogens is 251 g/mol. The smallest absolute Gasteiger partial charge is 0.0868 e. The van der Waals surface area contributed by atoms with E-state index < -0.39 is 0 Å². The maximum atomic E-state index is 6.09. The van der Waals surface area contributed by atoms with Crippen molar-refractivity contribution >= 4 is 38.4 Å². The fraction of sp³-hybridized carbons (Fsp3) is 0.222. The number of halogens is 2. The summed E-state index contributed by atoms with van der Waals surface area (Å²) in [5.74, 6) is 0. The molecule has 0 N–H and O–H groups in total. The largest absolute Gasteiger partial charge is 0.266 e. The van der Waals surface area contributed by atoms with Crippen LogP contribution in [0.4, 0.5) is 0 Å². The fourth-order valence-electron chi connectivity index (χ4n) is 1.50. The van der Waals surface area contributed by atoms with E-state index in [1.165, 1.54) is 0 Å². The maximum absolute atomic E-state index is 6.09. The van der Waals surface area contributed by atoms with Crippen molar-refractivity contribution in [3.8, 4) is 0 Å². The first kappa shape index (κ1) is 9.03. The van der Waals surface area contributed by atoms with Crippen LogP contribution in [0.15, 0.2) is 16.6 Å². The maximum Gasteiger partial charge on any atom is 0.0868 e. The van der Waals surface area contributed by atoms with Gasteiger partial charge in [-0.3, -0.25) is 4.68 Å². The minimum Gasteiger partial charge on any atom is -0.266 e. The van der Waals surface area contributed by atoms with E-state index in [-0.39, 0.29) is 0 Å². The van der Waals surface area contributed by atoms with Crippen LogP contribution in [0.2, 0.25) is 5.02 Å². The van der Waals surface area contributed by atoms with Crippen molar-refractivity contribution in [1.82, 2.24) is 9.78 Å². The van der Waals surface area contributed by atoms with Crippen molar-refractivity contribution in [2.45, 2.75) is 6.92 Å². The normalized spacial score (nSPS) is 11.1. The SMILES string of the molecule is Cc1nn(C)c2c(Cl)cc(Br)cc12. The Balaban J connectivity index is 2.97. The molecule has 2 rings (SSSR count). The number of hydrogen-bond acceptors (Lipinski definition) is 1. The fourth-order valence-corrected chi connectivity index (χ4v) is 2.43. The molecule has 1 aromatic heterocycles.